The highest BCUT2D eigenvalue weighted by atomic mass is 28.4. The zero-order chi connectivity index (χ0) is 16.0. The van der Waals surface area contributed by atoms with Crippen LogP contribution in [-0.4, -0.2) is 54.4 Å². The molecule has 0 aromatic carbocycles. The zero-order valence-electron chi connectivity index (χ0n) is 14.6. The second kappa shape index (κ2) is 13.7. The van der Waals surface area contributed by atoms with E-state index in [-0.39, 0.29) is 0 Å². The third kappa shape index (κ3) is 11.3. The van der Waals surface area contributed by atoms with Gasteiger partial charge in [-0.15, -0.1) is 0 Å². The van der Waals surface area contributed by atoms with Gasteiger partial charge in [-0.3, -0.25) is 0 Å². The van der Waals surface area contributed by atoms with Crippen molar-refractivity contribution in [3.63, 3.8) is 0 Å². The second-order valence-corrected chi connectivity index (χ2v) is 7.84. The highest BCUT2D eigenvalue weighted by molar-refractivity contribution is 6.60. The van der Waals surface area contributed by atoms with Gasteiger partial charge < -0.3 is 23.3 Å². The topological polar surface area (TPSA) is 49.0 Å². The van der Waals surface area contributed by atoms with E-state index in [0.29, 0.717) is 25.9 Å². The molecule has 0 radical (unpaired) electrons. The normalized spacial score (nSPS) is 12.3. The molecule has 0 fully saturated rings. The van der Waals surface area contributed by atoms with Crippen molar-refractivity contribution in [2.24, 2.45) is 0 Å². The maximum Gasteiger partial charge on any atom is 0.500 e. The molecule has 0 unspecified atom stereocenters. The fourth-order valence-electron chi connectivity index (χ4n) is 2.07. The summed E-state index contributed by atoms with van der Waals surface area (Å²) in [5.41, 5.74) is 0. The predicted molar refractivity (Wildman–Crippen MR) is 88.6 cm³/mol. The molecule has 1 N–H and O–H groups in total. The summed E-state index contributed by atoms with van der Waals surface area (Å²) in [6.07, 6.45) is 2.38. The summed E-state index contributed by atoms with van der Waals surface area (Å²) in [6.45, 7) is 14.8. The van der Waals surface area contributed by atoms with Crippen LogP contribution in [0.3, 0.4) is 0 Å². The van der Waals surface area contributed by atoms with Crippen molar-refractivity contribution < 1.29 is 18.0 Å². The molecule has 0 saturated heterocycles. The summed E-state index contributed by atoms with van der Waals surface area (Å²) >= 11 is 0. The van der Waals surface area contributed by atoms with Gasteiger partial charge in [0.2, 0.25) is 0 Å². The lowest BCUT2D eigenvalue weighted by Gasteiger charge is -2.28. The molecule has 0 aliphatic heterocycles. The fraction of sp³-hybridized carbons (Fsp3) is 1.00. The molecule has 128 valence electrons. The van der Waals surface area contributed by atoms with Gasteiger partial charge in [0.05, 0.1) is 6.10 Å². The quantitative estimate of drug-likeness (QED) is 0.371. The molecule has 0 atom stereocenters. The number of rotatable bonds is 15. The Hall–Kier alpha value is 0.0169. The van der Waals surface area contributed by atoms with Crippen LogP contribution in [0.5, 0.6) is 0 Å². The summed E-state index contributed by atoms with van der Waals surface area (Å²) < 4.78 is 23.0. The van der Waals surface area contributed by atoms with Gasteiger partial charge in [0.1, 0.15) is 0 Å². The van der Waals surface area contributed by atoms with Crippen LogP contribution < -0.4 is 5.32 Å². The van der Waals surface area contributed by atoms with Crippen LogP contribution in [0.1, 0.15) is 47.5 Å². The Bertz CT molecular complexity index is 213. The van der Waals surface area contributed by atoms with E-state index < -0.39 is 8.80 Å². The van der Waals surface area contributed by atoms with Gasteiger partial charge in [-0.1, -0.05) is 0 Å². The smallest absolute Gasteiger partial charge is 0.379 e. The standard InChI is InChI=1S/C15H35NO4Si/c1-6-18-21(19-7-2,20-8-3)14-10-12-16-11-9-13-17-15(4)5/h15-16H,6-14H2,1-5H3. The van der Waals surface area contributed by atoms with Crippen molar-refractivity contribution >= 4 is 8.80 Å². The van der Waals surface area contributed by atoms with E-state index in [0.717, 1.165) is 38.6 Å². The lowest BCUT2D eigenvalue weighted by molar-refractivity contribution is 0.0704. The van der Waals surface area contributed by atoms with Gasteiger partial charge in [0.15, 0.2) is 0 Å². The average molecular weight is 322 g/mol. The van der Waals surface area contributed by atoms with Crippen LogP contribution in [0.15, 0.2) is 0 Å². The Balaban J connectivity index is 3.81. The van der Waals surface area contributed by atoms with Crippen molar-refractivity contribution in [2.45, 2.75) is 59.6 Å². The van der Waals surface area contributed by atoms with Crippen molar-refractivity contribution in [3.05, 3.63) is 0 Å². The van der Waals surface area contributed by atoms with Crippen LogP contribution in [0.2, 0.25) is 6.04 Å². The van der Waals surface area contributed by atoms with Gasteiger partial charge in [0.25, 0.3) is 0 Å². The third-order valence-corrected chi connectivity index (χ3v) is 6.03. The molecule has 0 aliphatic rings. The number of ether oxygens (including phenoxy) is 1. The summed E-state index contributed by atoms with van der Waals surface area (Å²) in [7, 11) is -2.45. The summed E-state index contributed by atoms with van der Waals surface area (Å²) in [5.74, 6) is 0. The summed E-state index contributed by atoms with van der Waals surface area (Å²) in [5, 5.41) is 3.43. The molecular weight excluding hydrogens is 286 g/mol. The lowest BCUT2D eigenvalue weighted by atomic mass is 10.4. The van der Waals surface area contributed by atoms with Crippen LogP contribution in [0.25, 0.3) is 0 Å². The molecule has 0 saturated carbocycles. The van der Waals surface area contributed by atoms with E-state index in [9.17, 15) is 0 Å². The largest absolute Gasteiger partial charge is 0.500 e. The first-order valence-electron chi connectivity index (χ1n) is 8.34. The number of hydrogen-bond acceptors (Lipinski definition) is 5. The fourth-order valence-corrected chi connectivity index (χ4v) is 4.68. The number of hydrogen-bond donors (Lipinski definition) is 1. The first-order valence-corrected chi connectivity index (χ1v) is 10.3. The zero-order valence-corrected chi connectivity index (χ0v) is 15.6. The average Bonchev–Trinajstić information content (AvgIpc) is 2.42. The summed E-state index contributed by atoms with van der Waals surface area (Å²) in [4.78, 5) is 0. The molecule has 21 heavy (non-hydrogen) atoms. The lowest BCUT2D eigenvalue weighted by Crippen LogP contribution is -2.46. The maximum absolute atomic E-state index is 5.83. The highest BCUT2D eigenvalue weighted by Gasteiger charge is 2.39. The van der Waals surface area contributed by atoms with E-state index in [2.05, 4.69) is 19.2 Å². The van der Waals surface area contributed by atoms with Crippen molar-refractivity contribution in [1.29, 1.82) is 0 Å². The van der Waals surface area contributed by atoms with Crippen LogP contribution in [-0.2, 0) is 18.0 Å². The highest BCUT2D eigenvalue weighted by Crippen LogP contribution is 2.17. The monoisotopic (exact) mass is 321 g/mol. The Morgan fingerprint density at radius 2 is 1.38 bits per heavy atom. The predicted octanol–water partition coefficient (Wildman–Crippen LogP) is 2.83. The minimum Gasteiger partial charge on any atom is -0.379 e. The summed E-state index contributed by atoms with van der Waals surface area (Å²) in [6, 6.07) is 0.873. The van der Waals surface area contributed by atoms with Gasteiger partial charge in [-0.25, -0.2) is 0 Å². The van der Waals surface area contributed by atoms with Gasteiger partial charge >= 0.3 is 8.80 Å². The Morgan fingerprint density at radius 3 is 1.86 bits per heavy atom. The molecule has 5 nitrogen and oxygen atoms in total. The Kier molecular flexibility index (Phi) is 13.7. The van der Waals surface area contributed by atoms with E-state index in [1.165, 1.54) is 0 Å². The molecule has 0 amide bonds. The van der Waals surface area contributed by atoms with E-state index in [1.54, 1.807) is 0 Å². The second-order valence-electron chi connectivity index (χ2n) is 5.11. The molecule has 0 spiro atoms. The molecule has 0 rings (SSSR count). The SMILES string of the molecule is CCO[Si](CCCNCCCOC(C)C)(OCC)OCC. The van der Waals surface area contributed by atoms with E-state index >= 15 is 0 Å². The molecule has 0 heterocycles. The minimum absolute atomic E-state index is 0.320. The molecule has 0 aliphatic carbocycles. The van der Waals surface area contributed by atoms with Gasteiger partial charge in [-0.05, 0) is 60.5 Å². The number of nitrogens with one attached hydrogen (secondary N) is 1. The van der Waals surface area contributed by atoms with E-state index in [1.807, 2.05) is 20.8 Å². The molecule has 6 heteroatoms. The first-order chi connectivity index (χ1) is 10.1. The van der Waals surface area contributed by atoms with Crippen LogP contribution in [0, 0.1) is 0 Å². The maximum atomic E-state index is 5.83. The Labute approximate surface area is 132 Å². The van der Waals surface area contributed by atoms with Gasteiger partial charge in [-0.2, -0.15) is 0 Å². The Morgan fingerprint density at radius 1 is 0.857 bits per heavy atom. The van der Waals surface area contributed by atoms with Crippen molar-refractivity contribution in [3.8, 4) is 0 Å². The first kappa shape index (κ1) is 21.0. The third-order valence-electron chi connectivity index (χ3n) is 2.88. The van der Waals surface area contributed by atoms with E-state index in [4.69, 9.17) is 18.0 Å². The van der Waals surface area contributed by atoms with Crippen molar-refractivity contribution in [1.82, 2.24) is 5.32 Å². The van der Waals surface area contributed by atoms with Gasteiger partial charge in [0, 0.05) is 32.5 Å². The molecule has 0 aromatic heterocycles. The van der Waals surface area contributed by atoms with Crippen molar-refractivity contribution in [2.75, 3.05) is 39.5 Å². The molecular formula is C15H35NO4Si. The molecule has 0 aromatic rings. The minimum atomic E-state index is -2.45. The van der Waals surface area contributed by atoms with Crippen LogP contribution in [0.4, 0.5) is 0 Å². The molecule has 0 bridgehead atoms. The van der Waals surface area contributed by atoms with Crippen LogP contribution >= 0.6 is 0 Å².